The number of hydrogen-bond acceptors (Lipinski definition) is 2. The summed E-state index contributed by atoms with van der Waals surface area (Å²) in [6.45, 7) is 4.64. The Bertz CT molecular complexity index is 839. The van der Waals surface area contributed by atoms with E-state index in [1.807, 2.05) is 24.3 Å². The zero-order valence-corrected chi connectivity index (χ0v) is 13.1. The lowest BCUT2D eigenvalue weighted by Crippen LogP contribution is -2.45. The summed E-state index contributed by atoms with van der Waals surface area (Å²) in [7, 11) is 0. The first-order valence-corrected chi connectivity index (χ1v) is 7.73. The number of fused-ring (bicyclic) bond motifs is 2. The normalized spacial score (nSPS) is 19.2. The van der Waals surface area contributed by atoms with Gasteiger partial charge in [-0.1, -0.05) is 30.3 Å². The molecule has 2 aromatic carbocycles. The number of ether oxygens (including phenoxy) is 1. The molecule has 0 saturated heterocycles. The van der Waals surface area contributed by atoms with E-state index in [2.05, 4.69) is 42.7 Å². The summed E-state index contributed by atoms with van der Waals surface area (Å²) in [6, 6.07) is 13.8. The van der Waals surface area contributed by atoms with E-state index in [1.165, 1.54) is 11.1 Å². The summed E-state index contributed by atoms with van der Waals surface area (Å²) in [5.41, 5.74) is 6.42. The third-order valence-electron chi connectivity index (χ3n) is 4.59. The van der Waals surface area contributed by atoms with Gasteiger partial charge in [0.2, 0.25) is 0 Å². The largest absolute Gasteiger partial charge is 0.488 e. The topological polar surface area (TPSA) is 50.4 Å². The summed E-state index contributed by atoms with van der Waals surface area (Å²) >= 11 is 0. The zero-order chi connectivity index (χ0) is 16.0. The maximum Gasteiger partial charge on any atom is 0.320 e. The fourth-order valence-corrected chi connectivity index (χ4v) is 3.17. The van der Waals surface area contributed by atoms with Crippen molar-refractivity contribution in [3.8, 4) is 5.75 Å². The molecule has 0 fully saturated rings. The van der Waals surface area contributed by atoms with Gasteiger partial charge in [-0.2, -0.15) is 0 Å². The van der Waals surface area contributed by atoms with Crippen LogP contribution in [-0.2, 0) is 0 Å². The third-order valence-corrected chi connectivity index (χ3v) is 4.59. The molecule has 0 aromatic heterocycles. The Kier molecular flexibility index (Phi) is 3.11. The van der Waals surface area contributed by atoms with Gasteiger partial charge in [-0.25, -0.2) is 4.79 Å². The predicted molar refractivity (Wildman–Crippen MR) is 89.2 cm³/mol. The second-order valence-electron chi connectivity index (χ2n) is 6.06. The van der Waals surface area contributed by atoms with Gasteiger partial charge in [-0.05, 0) is 42.7 Å². The van der Waals surface area contributed by atoms with E-state index >= 15 is 0 Å². The van der Waals surface area contributed by atoms with Gasteiger partial charge in [0.1, 0.15) is 12.4 Å². The van der Waals surface area contributed by atoms with E-state index in [-0.39, 0.29) is 12.1 Å². The summed E-state index contributed by atoms with van der Waals surface area (Å²) in [5, 5.41) is 5.97. The van der Waals surface area contributed by atoms with E-state index < -0.39 is 0 Å². The first-order valence-electron chi connectivity index (χ1n) is 7.73. The third kappa shape index (κ3) is 2.27. The fourth-order valence-electron chi connectivity index (χ4n) is 3.17. The highest BCUT2D eigenvalue weighted by Crippen LogP contribution is 2.38. The summed E-state index contributed by atoms with van der Waals surface area (Å²) in [6.07, 6.45) is 0. The number of amides is 2. The molecule has 2 heterocycles. The van der Waals surface area contributed by atoms with Crippen LogP contribution in [0.3, 0.4) is 0 Å². The van der Waals surface area contributed by atoms with Gasteiger partial charge >= 0.3 is 6.03 Å². The number of hydrogen-bond donors (Lipinski definition) is 2. The van der Waals surface area contributed by atoms with Crippen molar-refractivity contribution in [3.05, 3.63) is 70.3 Å². The van der Waals surface area contributed by atoms with Crippen molar-refractivity contribution >= 4 is 11.7 Å². The quantitative estimate of drug-likeness (QED) is 0.847. The molecule has 4 rings (SSSR count). The van der Waals surface area contributed by atoms with Crippen LogP contribution in [0.1, 0.15) is 28.3 Å². The van der Waals surface area contributed by atoms with Crippen molar-refractivity contribution in [2.75, 3.05) is 6.61 Å². The van der Waals surface area contributed by atoms with Gasteiger partial charge in [-0.3, -0.25) is 0 Å². The highest BCUT2D eigenvalue weighted by Gasteiger charge is 2.32. The number of carbonyl (C=O) groups is 1. The van der Waals surface area contributed by atoms with Crippen LogP contribution in [0.2, 0.25) is 0 Å². The number of urea groups is 1. The molecule has 0 saturated carbocycles. The molecule has 2 aromatic rings. The number of carbonyl (C=O) groups excluding carboxylic acids is 1. The van der Waals surface area contributed by atoms with Crippen LogP contribution in [0.5, 0.6) is 5.75 Å². The zero-order valence-electron chi connectivity index (χ0n) is 13.1. The first-order chi connectivity index (χ1) is 11.1. The Labute approximate surface area is 135 Å². The van der Waals surface area contributed by atoms with Crippen LogP contribution < -0.4 is 15.4 Å². The van der Waals surface area contributed by atoms with E-state index in [9.17, 15) is 4.79 Å². The molecule has 2 aliphatic heterocycles. The SMILES string of the molecule is Cc1ccc(C2NC(=O)NC3=C2COc2ccccc23)cc1C. The molecule has 0 spiro atoms. The highest BCUT2D eigenvalue weighted by atomic mass is 16.5. The van der Waals surface area contributed by atoms with E-state index in [0.717, 1.165) is 28.1 Å². The molecule has 4 heteroatoms. The van der Waals surface area contributed by atoms with Crippen LogP contribution in [0.25, 0.3) is 5.70 Å². The van der Waals surface area contributed by atoms with Crippen molar-refractivity contribution in [1.29, 1.82) is 0 Å². The van der Waals surface area contributed by atoms with Gasteiger partial charge in [0.05, 0.1) is 11.7 Å². The first kappa shape index (κ1) is 13.9. The second-order valence-corrected chi connectivity index (χ2v) is 6.06. The van der Waals surface area contributed by atoms with Gasteiger partial charge in [0, 0.05) is 11.1 Å². The smallest absolute Gasteiger partial charge is 0.320 e. The van der Waals surface area contributed by atoms with Gasteiger partial charge in [0.15, 0.2) is 0 Å². The van der Waals surface area contributed by atoms with Crippen molar-refractivity contribution in [2.45, 2.75) is 19.9 Å². The minimum absolute atomic E-state index is 0.161. The molecular weight excluding hydrogens is 288 g/mol. The molecule has 0 radical (unpaired) electrons. The second kappa shape index (κ2) is 5.16. The average Bonchev–Trinajstić information content (AvgIpc) is 2.56. The Morgan fingerprint density at radius 3 is 2.74 bits per heavy atom. The minimum Gasteiger partial charge on any atom is -0.488 e. The molecule has 116 valence electrons. The molecule has 2 aliphatic rings. The number of benzene rings is 2. The van der Waals surface area contributed by atoms with Crippen LogP contribution in [0.15, 0.2) is 48.0 Å². The van der Waals surface area contributed by atoms with Crippen molar-refractivity contribution in [2.24, 2.45) is 0 Å². The monoisotopic (exact) mass is 306 g/mol. The maximum atomic E-state index is 12.2. The fraction of sp³-hybridized carbons (Fsp3) is 0.211. The lowest BCUT2D eigenvalue weighted by Gasteiger charge is -2.34. The summed E-state index contributed by atoms with van der Waals surface area (Å²) < 4.78 is 5.88. The van der Waals surface area contributed by atoms with Gasteiger partial charge < -0.3 is 15.4 Å². The van der Waals surface area contributed by atoms with Crippen LogP contribution >= 0.6 is 0 Å². The molecule has 2 amide bonds. The van der Waals surface area contributed by atoms with Crippen molar-refractivity contribution in [1.82, 2.24) is 10.6 Å². The Morgan fingerprint density at radius 1 is 1.09 bits per heavy atom. The molecule has 2 N–H and O–H groups in total. The van der Waals surface area contributed by atoms with Crippen molar-refractivity contribution < 1.29 is 9.53 Å². The lowest BCUT2D eigenvalue weighted by molar-refractivity contribution is 0.237. The number of nitrogens with one attached hydrogen (secondary N) is 2. The standard InChI is InChI=1S/C19H18N2O2/c1-11-7-8-13(9-12(11)2)17-15-10-23-16-6-4-3-5-14(16)18(15)21-19(22)20-17/h3-9,17H,10H2,1-2H3,(H2,20,21,22). The van der Waals surface area contributed by atoms with E-state index in [0.29, 0.717) is 6.61 Å². The van der Waals surface area contributed by atoms with Gasteiger partial charge in [-0.15, -0.1) is 0 Å². The van der Waals surface area contributed by atoms with Gasteiger partial charge in [0.25, 0.3) is 0 Å². The number of aryl methyl sites for hydroxylation is 2. The molecule has 1 atom stereocenters. The van der Waals surface area contributed by atoms with Crippen LogP contribution in [0.4, 0.5) is 4.79 Å². The molecule has 4 nitrogen and oxygen atoms in total. The molecule has 0 bridgehead atoms. The van der Waals surface area contributed by atoms with E-state index in [4.69, 9.17) is 4.74 Å². The lowest BCUT2D eigenvalue weighted by atomic mass is 9.90. The number of rotatable bonds is 1. The van der Waals surface area contributed by atoms with Crippen LogP contribution in [-0.4, -0.2) is 12.6 Å². The van der Waals surface area contributed by atoms with Crippen molar-refractivity contribution in [3.63, 3.8) is 0 Å². The summed E-state index contributed by atoms with van der Waals surface area (Å²) in [5.74, 6) is 0.812. The Morgan fingerprint density at radius 2 is 1.91 bits per heavy atom. The predicted octanol–water partition coefficient (Wildman–Crippen LogP) is 3.46. The highest BCUT2D eigenvalue weighted by molar-refractivity contribution is 5.92. The molecule has 23 heavy (non-hydrogen) atoms. The minimum atomic E-state index is -0.177. The Balaban J connectivity index is 1.85. The molecule has 0 aliphatic carbocycles. The maximum absolute atomic E-state index is 12.2. The van der Waals surface area contributed by atoms with E-state index in [1.54, 1.807) is 0 Å². The average molecular weight is 306 g/mol. The van der Waals surface area contributed by atoms with Crippen LogP contribution in [0, 0.1) is 13.8 Å². The Hall–Kier alpha value is -2.75. The molecular formula is C19H18N2O2. The summed E-state index contributed by atoms with van der Waals surface area (Å²) in [4.78, 5) is 12.2. The number of para-hydroxylation sites is 1. The molecule has 1 unspecified atom stereocenters.